The molecule has 1 saturated carbocycles. The van der Waals surface area contributed by atoms with Crippen molar-refractivity contribution in [3.8, 4) is 0 Å². The molecule has 1 aliphatic carbocycles. The molecular weight excluding hydrogens is 210 g/mol. The van der Waals surface area contributed by atoms with E-state index in [1.807, 2.05) is 0 Å². The molecule has 3 heteroatoms. The van der Waals surface area contributed by atoms with Crippen LogP contribution in [0.3, 0.4) is 0 Å². The van der Waals surface area contributed by atoms with E-state index in [1.165, 1.54) is 19.3 Å². The normalized spacial score (nSPS) is 29.9. The van der Waals surface area contributed by atoms with Crippen LogP contribution >= 0.6 is 0 Å². The lowest BCUT2D eigenvalue weighted by Crippen LogP contribution is -2.45. The van der Waals surface area contributed by atoms with E-state index in [4.69, 9.17) is 11.1 Å². The van der Waals surface area contributed by atoms with Crippen molar-refractivity contribution < 1.29 is 0 Å². The van der Waals surface area contributed by atoms with E-state index in [1.54, 1.807) is 0 Å². The van der Waals surface area contributed by atoms with Crippen molar-refractivity contribution in [2.24, 2.45) is 17.6 Å². The summed E-state index contributed by atoms with van der Waals surface area (Å²) < 4.78 is 0. The fourth-order valence-corrected chi connectivity index (χ4v) is 2.93. The van der Waals surface area contributed by atoms with Gasteiger partial charge in [0.2, 0.25) is 0 Å². The quantitative estimate of drug-likeness (QED) is 0.572. The largest absolute Gasteiger partial charge is 0.388 e. The maximum absolute atomic E-state index is 7.37. The summed E-state index contributed by atoms with van der Waals surface area (Å²) >= 11 is 0. The molecule has 0 amide bonds. The Labute approximate surface area is 106 Å². The lowest BCUT2D eigenvalue weighted by atomic mass is 9.78. The van der Waals surface area contributed by atoms with Gasteiger partial charge in [-0.05, 0) is 44.9 Å². The Morgan fingerprint density at radius 2 is 1.94 bits per heavy atom. The van der Waals surface area contributed by atoms with Gasteiger partial charge in [-0.25, -0.2) is 0 Å². The minimum Gasteiger partial charge on any atom is -0.388 e. The predicted octanol–water partition coefficient (Wildman–Crippen LogP) is 2.85. The lowest BCUT2D eigenvalue weighted by molar-refractivity contribution is 0.0858. The summed E-state index contributed by atoms with van der Waals surface area (Å²) in [5, 5.41) is 7.37. The smallest absolute Gasteiger partial charge is 0.0918 e. The topological polar surface area (TPSA) is 53.1 Å². The Morgan fingerprint density at radius 3 is 2.41 bits per heavy atom. The van der Waals surface area contributed by atoms with E-state index < -0.39 is 0 Å². The third kappa shape index (κ3) is 4.30. The fourth-order valence-electron chi connectivity index (χ4n) is 2.93. The molecule has 3 atom stereocenters. The molecule has 1 rings (SSSR count). The van der Waals surface area contributed by atoms with Crippen LogP contribution in [0.2, 0.25) is 0 Å². The highest BCUT2D eigenvalue weighted by Gasteiger charge is 2.29. The molecule has 0 spiro atoms. The van der Waals surface area contributed by atoms with E-state index in [2.05, 4.69) is 32.6 Å². The number of hydrogen-bond acceptors (Lipinski definition) is 2. The number of nitrogens with zero attached hydrogens (tertiary/aromatic N) is 1. The van der Waals surface area contributed by atoms with Crippen LogP contribution in [-0.2, 0) is 0 Å². The van der Waals surface area contributed by atoms with Crippen LogP contribution in [0.25, 0.3) is 0 Å². The maximum atomic E-state index is 7.37. The molecule has 100 valence electrons. The summed E-state index contributed by atoms with van der Waals surface area (Å²) in [7, 11) is 0. The second-order valence-electron chi connectivity index (χ2n) is 6.03. The van der Waals surface area contributed by atoms with Gasteiger partial charge in [-0.15, -0.1) is 0 Å². The first kappa shape index (κ1) is 14.5. The summed E-state index contributed by atoms with van der Waals surface area (Å²) in [4.78, 5) is 2.55. The van der Waals surface area contributed by atoms with E-state index in [-0.39, 0.29) is 0 Å². The molecule has 3 unspecified atom stereocenters. The Balaban J connectivity index is 2.55. The third-order valence-electron chi connectivity index (χ3n) is 4.34. The molecule has 0 aliphatic heterocycles. The van der Waals surface area contributed by atoms with Crippen molar-refractivity contribution in [3.05, 3.63) is 0 Å². The molecule has 1 fully saturated rings. The molecule has 0 aromatic carbocycles. The van der Waals surface area contributed by atoms with E-state index in [0.717, 1.165) is 18.4 Å². The van der Waals surface area contributed by atoms with Crippen LogP contribution in [0, 0.1) is 17.2 Å². The number of rotatable bonds is 5. The van der Waals surface area contributed by atoms with Crippen LogP contribution < -0.4 is 5.73 Å². The summed E-state index contributed by atoms with van der Waals surface area (Å²) in [5.74, 6) is 2.01. The highest BCUT2D eigenvalue weighted by atomic mass is 15.2. The van der Waals surface area contributed by atoms with Crippen LogP contribution in [-0.4, -0.2) is 29.4 Å². The summed E-state index contributed by atoms with van der Waals surface area (Å²) in [5.41, 5.74) is 5.48. The monoisotopic (exact) mass is 239 g/mol. The molecule has 0 bridgehead atoms. The van der Waals surface area contributed by atoms with Crippen molar-refractivity contribution in [1.29, 1.82) is 5.41 Å². The van der Waals surface area contributed by atoms with Gasteiger partial charge in [0.25, 0.3) is 0 Å². The Morgan fingerprint density at radius 1 is 1.29 bits per heavy atom. The van der Waals surface area contributed by atoms with Crippen LogP contribution in [0.5, 0.6) is 0 Å². The molecule has 17 heavy (non-hydrogen) atoms. The van der Waals surface area contributed by atoms with E-state index in [9.17, 15) is 0 Å². The molecule has 0 aromatic rings. The average Bonchev–Trinajstić information content (AvgIpc) is 2.22. The van der Waals surface area contributed by atoms with Crippen LogP contribution in [0.1, 0.15) is 53.4 Å². The van der Waals surface area contributed by atoms with E-state index in [0.29, 0.717) is 24.3 Å². The second kappa shape index (κ2) is 6.39. The van der Waals surface area contributed by atoms with Crippen molar-refractivity contribution in [1.82, 2.24) is 4.90 Å². The van der Waals surface area contributed by atoms with Gasteiger partial charge in [-0.1, -0.05) is 13.8 Å². The molecule has 0 heterocycles. The number of amidine groups is 1. The van der Waals surface area contributed by atoms with Crippen molar-refractivity contribution in [2.45, 2.75) is 65.5 Å². The fraction of sp³-hybridized carbons (Fsp3) is 0.929. The SMILES string of the molecule is CC1CCC(N(CCC(=N)N)C(C)C)CC1C. The molecule has 0 saturated heterocycles. The van der Waals surface area contributed by atoms with Crippen LogP contribution in [0.15, 0.2) is 0 Å². The first-order valence-corrected chi connectivity index (χ1v) is 7.00. The number of nitrogens with two attached hydrogens (primary N) is 1. The Kier molecular flexibility index (Phi) is 5.44. The molecular formula is C14H29N3. The molecule has 0 aromatic heterocycles. The van der Waals surface area contributed by atoms with Gasteiger partial charge in [0, 0.05) is 25.0 Å². The Hall–Kier alpha value is -0.570. The van der Waals surface area contributed by atoms with Crippen LogP contribution in [0.4, 0.5) is 0 Å². The zero-order chi connectivity index (χ0) is 13.0. The predicted molar refractivity (Wildman–Crippen MR) is 74.3 cm³/mol. The number of hydrogen-bond donors (Lipinski definition) is 2. The van der Waals surface area contributed by atoms with Crippen molar-refractivity contribution >= 4 is 5.84 Å². The van der Waals surface area contributed by atoms with Crippen molar-refractivity contribution in [3.63, 3.8) is 0 Å². The maximum Gasteiger partial charge on any atom is 0.0918 e. The lowest BCUT2D eigenvalue weighted by Gasteiger charge is -2.41. The molecule has 0 radical (unpaired) electrons. The number of nitrogens with one attached hydrogen (secondary N) is 1. The first-order valence-electron chi connectivity index (χ1n) is 7.00. The summed E-state index contributed by atoms with van der Waals surface area (Å²) in [6, 6.07) is 1.25. The second-order valence-corrected chi connectivity index (χ2v) is 6.03. The van der Waals surface area contributed by atoms with Gasteiger partial charge in [0.15, 0.2) is 0 Å². The van der Waals surface area contributed by atoms with Gasteiger partial charge in [-0.3, -0.25) is 10.3 Å². The van der Waals surface area contributed by atoms with Gasteiger partial charge in [-0.2, -0.15) is 0 Å². The first-order chi connectivity index (χ1) is 7.91. The average molecular weight is 239 g/mol. The minimum atomic E-state index is 0.313. The van der Waals surface area contributed by atoms with Crippen molar-refractivity contribution in [2.75, 3.05) is 6.54 Å². The third-order valence-corrected chi connectivity index (χ3v) is 4.34. The highest BCUT2D eigenvalue weighted by Crippen LogP contribution is 2.32. The van der Waals surface area contributed by atoms with Gasteiger partial charge in [0.1, 0.15) is 0 Å². The molecule has 1 aliphatic rings. The van der Waals surface area contributed by atoms with E-state index >= 15 is 0 Å². The van der Waals surface area contributed by atoms with Gasteiger partial charge in [0.05, 0.1) is 5.84 Å². The molecule has 3 N–H and O–H groups in total. The van der Waals surface area contributed by atoms with Gasteiger partial charge >= 0.3 is 0 Å². The minimum absolute atomic E-state index is 0.313. The summed E-state index contributed by atoms with van der Waals surface area (Å²) in [6.07, 6.45) is 4.66. The van der Waals surface area contributed by atoms with Gasteiger partial charge < -0.3 is 5.73 Å². The zero-order valence-electron chi connectivity index (χ0n) is 11.9. The zero-order valence-corrected chi connectivity index (χ0v) is 11.9. The highest BCUT2D eigenvalue weighted by molar-refractivity contribution is 5.76. The summed E-state index contributed by atoms with van der Waals surface area (Å²) in [6.45, 7) is 10.2. The molecule has 3 nitrogen and oxygen atoms in total. The Bertz CT molecular complexity index is 250. The standard InChI is InChI=1S/C14H29N3/c1-10(2)17(8-7-14(15)16)13-6-5-11(3)12(4)9-13/h10-13H,5-9H2,1-4H3,(H3,15,16).